The Morgan fingerprint density at radius 1 is 1.56 bits per heavy atom. The summed E-state index contributed by atoms with van der Waals surface area (Å²) in [5.41, 5.74) is -0.939. The number of hydrogen-bond acceptors (Lipinski definition) is 4. The van der Waals surface area contributed by atoms with Crippen LogP contribution in [-0.4, -0.2) is 31.1 Å². The summed E-state index contributed by atoms with van der Waals surface area (Å²) >= 11 is 0. The van der Waals surface area contributed by atoms with Crippen LogP contribution in [-0.2, 0) is 19.1 Å². The highest BCUT2D eigenvalue weighted by molar-refractivity contribution is 6.13. The highest BCUT2D eigenvalue weighted by Crippen LogP contribution is 2.39. The fraction of sp³-hybridized carbons (Fsp3) is 0.714. The van der Waals surface area contributed by atoms with Crippen LogP contribution < -0.4 is 0 Å². The van der Waals surface area contributed by atoms with E-state index in [2.05, 4.69) is 6.58 Å². The molecule has 0 bridgehead atoms. The van der Waals surface area contributed by atoms with Crippen molar-refractivity contribution in [3.8, 4) is 0 Å². The van der Waals surface area contributed by atoms with Gasteiger partial charge in [0, 0.05) is 5.57 Å². The molecular formula is C14H22O4. The van der Waals surface area contributed by atoms with Crippen molar-refractivity contribution in [1.29, 1.82) is 0 Å². The average Bonchev–Trinajstić information content (AvgIpc) is 2.31. The third-order valence-electron chi connectivity index (χ3n) is 3.56. The Labute approximate surface area is 108 Å². The highest BCUT2D eigenvalue weighted by atomic mass is 16.5. The summed E-state index contributed by atoms with van der Waals surface area (Å²) < 4.78 is 10.6. The molecule has 0 aromatic heterocycles. The highest BCUT2D eigenvalue weighted by Gasteiger charge is 2.54. The normalized spacial score (nSPS) is 32.8. The number of rotatable bonds is 3. The van der Waals surface area contributed by atoms with Crippen molar-refractivity contribution >= 4 is 11.8 Å². The van der Waals surface area contributed by atoms with Gasteiger partial charge in [0.05, 0.1) is 19.3 Å². The lowest BCUT2D eigenvalue weighted by Gasteiger charge is -2.41. The molecule has 0 aliphatic carbocycles. The van der Waals surface area contributed by atoms with Crippen molar-refractivity contribution in [2.24, 2.45) is 11.3 Å². The van der Waals surface area contributed by atoms with Gasteiger partial charge in [-0.05, 0) is 26.2 Å². The maximum absolute atomic E-state index is 12.4. The largest absolute Gasteiger partial charge is 0.468 e. The van der Waals surface area contributed by atoms with Gasteiger partial charge in [-0.25, -0.2) is 0 Å². The van der Waals surface area contributed by atoms with Crippen molar-refractivity contribution in [3.63, 3.8) is 0 Å². The Morgan fingerprint density at radius 2 is 2.11 bits per heavy atom. The number of methoxy groups -OCH3 is 1. The second kappa shape index (κ2) is 5.22. The van der Waals surface area contributed by atoms with Gasteiger partial charge in [0.15, 0.2) is 11.2 Å². The van der Waals surface area contributed by atoms with Crippen LogP contribution in [0.2, 0.25) is 0 Å². The van der Waals surface area contributed by atoms with Gasteiger partial charge in [-0.3, -0.25) is 9.59 Å². The summed E-state index contributed by atoms with van der Waals surface area (Å²) in [4.78, 5) is 24.3. The monoisotopic (exact) mass is 254 g/mol. The second-order valence-corrected chi connectivity index (χ2v) is 5.44. The van der Waals surface area contributed by atoms with Gasteiger partial charge < -0.3 is 9.47 Å². The molecule has 18 heavy (non-hydrogen) atoms. The molecule has 1 aliphatic rings. The quantitative estimate of drug-likeness (QED) is 0.440. The van der Waals surface area contributed by atoms with Gasteiger partial charge in [-0.15, -0.1) is 0 Å². The molecule has 1 aliphatic heterocycles. The van der Waals surface area contributed by atoms with E-state index in [0.29, 0.717) is 17.9 Å². The molecule has 0 spiro atoms. The summed E-state index contributed by atoms with van der Waals surface area (Å²) in [5, 5.41) is 0. The zero-order valence-corrected chi connectivity index (χ0v) is 11.8. The van der Waals surface area contributed by atoms with Crippen LogP contribution in [0.3, 0.4) is 0 Å². The van der Waals surface area contributed by atoms with Crippen molar-refractivity contribution in [2.75, 3.05) is 7.11 Å². The standard InChI is InChI=1S/C14H22O4/c1-8(2)7-11-14(5,13(16)17-6)12(15)9(3)10(4)18-11/h8,10-11H,3,7H2,1-2,4-6H3/t10-,11+,14-/m1/s1. The zero-order valence-electron chi connectivity index (χ0n) is 11.8. The summed E-state index contributed by atoms with van der Waals surface area (Å²) in [6, 6.07) is 0. The molecule has 1 heterocycles. The summed E-state index contributed by atoms with van der Waals surface area (Å²) in [6.07, 6.45) is -0.175. The van der Waals surface area contributed by atoms with E-state index < -0.39 is 17.5 Å². The number of hydrogen-bond donors (Lipinski definition) is 0. The Morgan fingerprint density at radius 3 is 2.56 bits per heavy atom. The molecular weight excluding hydrogens is 232 g/mol. The van der Waals surface area contributed by atoms with Crippen molar-refractivity contribution in [2.45, 2.75) is 46.3 Å². The molecule has 0 aromatic rings. The Bertz CT molecular complexity index is 372. The van der Waals surface area contributed by atoms with E-state index in [1.807, 2.05) is 13.8 Å². The van der Waals surface area contributed by atoms with E-state index >= 15 is 0 Å². The van der Waals surface area contributed by atoms with Crippen LogP contribution in [0.25, 0.3) is 0 Å². The summed E-state index contributed by atoms with van der Waals surface area (Å²) in [5.74, 6) is -0.490. The third-order valence-corrected chi connectivity index (χ3v) is 3.56. The van der Waals surface area contributed by atoms with Crippen molar-refractivity contribution in [3.05, 3.63) is 12.2 Å². The van der Waals surface area contributed by atoms with E-state index in [9.17, 15) is 9.59 Å². The molecule has 4 nitrogen and oxygen atoms in total. The fourth-order valence-corrected chi connectivity index (χ4v) is 2.28. The predicted molar refractivity (Wildman–Crippen MR) is 68.1 cm³/mol. The molecule has 4 heteroatoms. The molecule has 102 valence electrons. The lowest BCUT2D eigenvalue weighted by molar-refractivity contribution is -0.175. The van der Waals surface area contributed by atoms with Gasteiger partial charge >= 0.3 is 5.97 Å². The van der Waals surface area contributed by atoms with Crippen LogP contribution in [0.1, 0.15) is 34.1 Å². The number of Topliss-reactive ketones (excluding diaryl/α,β-unsaturated/α-hetero) is 1. The molecule has 0 saturated carbocycles. The maximum Gasteiger partial charge on any atom is 0.322 e. The Balaban J connectivity index is 3.15. The summed E-state index contributed by atoms with van der Waals surface area (Å²) in [6.45, 7) is 11.1. The minimum atomic E-state index is -1.28. The van der Waals surface area contributed by atoms with Crippen LogP contribution in [0.15, 0.2) is 12.2 Å². The maximum atomic E-state index is 12.4. The van der Waals surface area contributed by atoms with E-state index in [1.165, 1.54) is 7.11 Å². The van der Waals surface area contributed by atoms with Gasteiger partial charge in [0.2, 0.25) is 0 Å². The van der Waals surface area contributed by atoms with Crippen LogP contribution in [0.5, 0.6) is 0 Å². The van der Waals surface area contributed by atoms with E-state index in [0.717, 1.165) is 0 Å². The minimum absolute atomic E-state index is 0.265. The summed E-state index contributed by atoms with van der Waals surface area (Å²) in [7, 11) is 1.29. The Hall–Kier alpha value is -1.16. The first kappa shape index (κ1) is 14.9. The SMILES string of the molecule is C=C1C(=O)[C@](C)(C(=O)OC)[C@H](CC(C)C)O[C@@H]1C. The molecule has 0 unspecified atom stereocenters. The van der Waals surface area contributed by atoms with Crippen molar-refractivity contribution < 1.29 is 19.1 Å². The topological polar surface area (TPSA) is 52.6 Å². The molecule has 0 N–H and O–H groups in total. The first-order valence-corrected chi connectivity index (χ1v) is 6.22. The first-order valence-electron chi connectivity index (χ1n) is 6.22. The van der Waals surface area contributed by atoms with Crippen LogP contribution in [0, 0.1) is 11.3 Å². The third kappa shape index (κ3) is 2.34. The fourth-order valence-electron chi connectivity index (χ4n) is 2.28. The van der Waals surface area contributed by atoms with Gasteiger partial charge in [-0.1, -0.05) is 20.4 Å². The first-order chi connectivity index (χ1) is 8.25. The predicted octanol–water partition coefficient (Wildman–Crippen LogP) is 2.12. The second-order valence-electron chi connectivity index (χ2n) is 5.44. The molecule has 1 rings (SSSR count). The van der Waals surface area contributed by atoms with Crippen LogP contribution >= 0.6 is 0 Å². The zero-order chi connectivity index (χ0) is 14.1. The average molecular weight is 254 g/mol. The lowest BCUT2D eigenvalue weighted by Crippen LogP contribution is -2.55. The molecule has 0 radical (unpaired) electrons. The number of carbonyl (C=O) groups excluding carboxylic acids is 2. The number of ether oxygens (including phenoxy) is 2. The molecule has 3 atom stereocenters. The molecule has 0 aromatic carbocycles. The lowest BCUT2D eigenvalue weighted by atomic mass is 9.72. The van der Waals surface area contributed by atoms with E-state index in [-0.39, 0.29) is 11.9 Å². The van der Waals surface area contributed by atoms with E-state index in [4.69, 9.17) is 9.47 Å². The molecule has 1 fully saturated rings. The van der Waals surface area contributed by atoms with Crippen molar-refractivity contribution in [1.82, 2.24) is 0 Å². The number of esters is 1. The Kier molecular flexibility index (Phi) is 4.32. The molecule has 1 saturated heterocycles. The van der Waals surface area contributed by atoms with Gasteiger partial charge in [0.1, 0.15) is 0 Å². The molecule has 0 amide bonds. The smallest absolute Gasteiger partial charge is 0.322 e. The van der Waals surface area contributed by atoms with E-state index in [1.54, 1.807) is 13.8 Å². The van der Waals surface area contributed by atoms with Crippen LogP contribution in [0.4, 0.5) is 0 Å². The van der Waals surface area contributed by atoms with Gasteiger partial charge in [0.25, 0.3) is 0 Å². The minimum Gasteiger partial charge on any atom is -0.468 e. The number of carbonyl (C=O) groups is 2. The van der Waals surface area contributed by atoms with Gasteiger partial charge in [-0.2, -0.15) is 0 Å². The number of ketones is 1.